The summed E-state index contributed by atoms with van der Waals surface area (Å²) in [5, 5.41) is 2.83. The Morgan fingerprint density at radius 1 is 1.00 bits per heavy atom. The average molecular weight is 296 g/mol. The molecule has 0 atom stereocenters. The Balaban J connectivity index is 2.08. The van der Waals surface area contributed by atoms with Gasteiger partial charge in [0.15, 0.2) is 0 Å². The minimum atomic E-state index is -0.220. The number of amides is 2. The SMILES string of the molecule is CC(=O)N(CC(=O)Nc1ccc(C)c(C)c1)c1ccccc1. The van der Waals surface area contributed by atoms with Crippen LogP contribution in [0.25, 0.3) is 0 Å². The highest BCUT2D eigenvalue weighted by atomic mass is 16.2. The highest BCUT2D eigenvalue weighted by molar-refractivity contribution is 6.01. The van der Waals surface area contributed by atoms with Gasteiger partial charge in [-0.25, -0.2) is 0 Å². The van der Waals surface area contributed by atoms with Gasteiger partial charge in [0.1, 0.15) is 6.54 Å². The van der Waals surface area contributed by atoms with Crippen LogP contribution in [0.5, 0.6) is 0 Å². The van der Waals surface area contributed by atoms with Crippen LogP contribution in [0.15, 0.2) is 48.5 Å². The van der Waals surface area contributed by atoms with Gasteiger partial charge >= 0.3 is 0 Å². The van der Waals surface area contributed by atoms with Gasteiger partial charge in [-0.1, -0.05) is 24.3 Å². The number of hydrogen-bond acceptors (Lipinski definition) is 2. The molecule has 0 saturated carbocycles. The second kappa shape index (κ2) is 6.89. The number of para-hydroxylation sites is 1. The summed E-state index contributed by atoms with van der Waals surface area (Å²) in [5.74, 6) is -0.385. The van der Waals surface area contributed by atoms with E-state index >= 15 is 0 Å². The molecule has 0 radical (unpaired) electrons. The molecule has 2 rings (SSSR count). The first-order valence-electron chi connectivity index (χ1n) is 7.17. The fraction of sp³-hybridized carbons (Fsp3) is 0.222. The van der Waals surface area contributed by atoms with Crippen molar-refractivity contribution in [3.8, 4) is 0 Å². The van der Waals surface area contributed by atoms with Crippen molar-refractivity contribution in [3.63, 3.8) is 0 Å². The molecule has 2 amide bonds. The number of carbonyl (C=O) groups excluding carboxylic acids is 2. The van der Waals surface area contributed by atoms with Crippen LogP contribution >= 0.6 is 0 Å². The van der Waals surface area contributed by atoms with E-state index in [0.29, 0.717) is 5.69 Å². The molecule has 0 aliphatic heterocycles. The van der Waals surface area contributed by atoms with Crippen molar-refractivity contribution in [2.24, 2.45) is 0 Å². The molecule has 0 bridgehead atoms. The zero-order valence-electron chi connectivity index (χ0n) is 13.1. The van der Waals surface area contributed by atoms with Gasteiger partial charge in [0.2, 0.25) is 11.8 Å². The summed E-state index contributed by atoms with van der Waals surface area (Å²) in [6.45, 7) is 5.47. The van der Waals surface area contributed by atoms with Crippen molar-refractivity contribution in [3.05, 3.63) is 59.7 Å². The Morgan fingerprint density at radius 2 is 1.68 bits per heavy atom. The molecule has 0 aromatic heterocycles. The number of nitrogens with zero attached hydrogens (tertiary/aromatic N) is 1. The Bertz CT molecular complexity index is 681. The summed E-state index contributed by atoms with van der Waals surface area (Å²) in [6.07, 6.45) is 0. The van der Waals surface area contributed by atoms with Crippen molar-refractivity contribution < 1.29 is 9.59 Å². The Hall–Kier alpha value is -2.62. The summed E-state index contributed by atoms with van der Waals surface area (Å²) in [6, 6.07) is 14.9. The largest absolute Gasteiger partial charge is 0.325 e. The van der Waals surface area contributed by atoms with Crippen molar-refractivity contribution in [1.29, 1.82) is 0 Å². The van der Waals surface area contributed by atoms with Crippen LogP contribution in [0.1, 0.15) is 18.1 Å². The quantitative estimate of drug-likeness (QED) is 0.941. The lowest BCUT2D eigenvalue weighted by molar-refractivity contribution is -0.120. The summed E-state index contributed by atoms with van der Waals surface area (Å²) < 4.78 is 0. The predicted molar refractivity (Wildman–Crippen MR) is 89.0 cm³/mol. The molecule has 4 nitrogen and oxygen atoms in total. The number of rotatable bonds is 4. The second-order valence-corrected chi connectivity index (χ2v) is 5.29. The Morgan fingerprint density at radius 3 is 2.27 bits per heavy atom. The molecular formula is C18H20N2O2. The first-order chi connectivity index (χ1) is 10.5. The lowest BCUT2D eigenvalue weighted by Gasteiger charge is -2.20. The molecule has 0 spiro atoms. The van der Waals surface area contributed by atoms with E-state index in [1.165, 1.54) is 17.4 Å². The highest BCUT2D eigenvalue weighted by Gasteiger charge is 2.15. The Labute approximate surface area is 130 Å². The molecule has 0 aliphatic rings. The number of hydrogen-bond donors (Lipinski definition) is 1. The molecule has 0 unspecified atom stereocenters. The minimum absolute atomic E-state index is 0.00767. The molecule has 22 heavy (non-hydrogen) atoms. The summed E-state index contributed by atoms with van der Waals surface area (Å²) >= 11 is 0. The molecule has 2 aromatic carbocycles. The molecule has 0 heterocycles. The predicted octanol–water partition coefficient (Wildman–Crippen LogP) is 3.30. The number of benzene rings is 2. The van der Waals surface area contributed by atoms with Crippen LogP contribution < -0.4 is 10.2 Å². The highest BCUT2D eigenvalue weighted by Crippen LogP contribution is 2.16. The van der Waals surface area contributed by atoms with Crippen LogP contribution in [0.3, 0.4) is 0 Å². The third-order valence-electron chi connectivity index (χ3n) is 3.54. The van der Waals surface area contributed by atoms with E-state index in [2.05, 4.69) is 5.32 Å². The topological polar surface area (TPSA) is 49.4 Å². The normalized spacial score (nSPS) is 10.1. The van der Waals surface area contributed by atoms with E-state index in [1.807, 2.05) is 62.4 Å². The maximum atomic E-state index is 12.2. The molecule has 0 aliphatic carbocycles. The number of carbonyl (C=O) groups is 2. The third kappa shape index (κ3) is 3.95. The van der Waals surface area contributed by atoms with Gasteiger partial charge in [-0.05, 0) is 49.2 Å². The lowest BCUT2D eigenvalue weighted by atomic mass is 10.1. The van der Waals surface area contributed by atoms with Gasteiger partial charge in [-0.2, -0.15) is 0 Å². The molecule has 114 valence electrons. The van der Waals surface area contributed by atoms with E-state index in [1.54, 1.807) is 0 Å². The minimum Gasteiger partial charge on any atom is -0.325 e. The monoisotopic (exact) mass is 296 g/mol. The van der Waals surface area contributed by atoms with Crippen LogP contribution in [0, 0.1) is 13.8 Å². The van der Waals surface area contributed by atoms with E-state index in [0.717, 1.165) is 11.3 Å². The van der Waals surface area contributed by atoms with Crippen LogP contribution in [0.4, 0.5) is 11.4 Å². The zero-order chi connectivity index (χ0) is 16.1. The van der Waals surface area contributed by atoms with Crippen LogP contribution in [-0.4, -0.2) is 18.4 Å². The molecule has 0 fully saturated rings. The fourth-order valence-corrected chi connectivity index (χ4v) is 2.16. The maximum Gasteiger partial charge on any atom is 0.244 e. The average Bonchev–Trinajstić information content (AvgIpc) is 2.49. The summed E-state index contributed by atoms with van der Waals surface area (Å²) in [5.41, 5.74) is 3.74. The van der Waals surface area contributed by atoms with Crippen molar-refractivity contribution in [2.75, 3.05) is 16.8 Å². The smallest absolute Gasteiger partial charge is 0.244 e. The third-order valence-corrected chi connectivity index (χ3v) is 3.54. The molecule has 1 N–H and O–H groups in total. The van der Waals surface area contributed by atoms with Gasteiger partial charge in [0, 0.05) is 18.3 Å². The maximum absolute atomic E-state index is 12.2. The first-order valence-corrected chi connectivity index (χ1v) is 7.17. The zero-order valence-corrected chi connectivity index (χ0v) is 13.1. The van der Waals surface area contributed by atoms with E-state index in [9.17, 15) is 9.59 Å². The lowest BCUT2D eigenvalue weighted by Crippen LogP contribution is -2.36. The number of anilines is 2. The number of aryl methyl sites for hydroxylation is 2. The molecule has 4 heteroatoms. The van der Waals surface area contributed by atoms with Gasteiger partial charge in [0.05, 0.1) is 0 Å². The van der Waals surface area contributed by atoms with Crippen LogP contribution in [-0.2, 0) is 9.59 Å². The molecular weight excluding hydrogens is 276 g/mol. The standard InChI is InChI=1S/C18H20N2O2/c1-13-9-10-16(11-14(13)2)19-18(22)12-20(15(3)21)17-7-5-4-6-8-17/h4-11H,12H2,1-3H3,(H,19,22). The van der Waals surface area contributed by atoms with Crippen molar-refractivity contribution in [1.82, 2.24) is 0 Å². The molecule has 2 aromatic rings. The van der Waals surface area contributed by atoms with E-state index in [-0.39, 0.29) is 18.4 Å². The fourth-order valence-electron chi connectivity index (χ4n) is 2.16. The van der Waals surface area contributed by atoms with Gasteiger partial charge < -0.3 is 10.2 Å². The molecule has 0 saturated heterocycles. The van der Waals surface area contributed by atoms with Gasteiger partial charge in [0.25, 0.3) is 0 Å². The Kier molecular flexibility index (Phi) is 4.94. The number of nitrogens with one attached hydrogen (secondary N) is 1. The van der Waals surface area contributed by atoms with Crippen LogP contribution in [0.2, 0.25) is 0 Å². The van der Waals surface area contributed by atoms with E-state index < -0.39 is 0 Å². The van der Waals surface area contributed by atoms with E-state index in [4.69, 9.17) is 0 Å². The summed E-state index contributed by atoms with van der Waals surface area (Å²) in [7, 11) is 0. The van der Waals surface area contributed by atoms with Crippen molar-refractivity contribution >= 4 is 23.2 Å². The van der Waals surface area contributed by atoms with Gasteiger partial charge in [-0.3, -0.25) is 9.59 Å². The summed E-state index contributed by atoms with van der Waals surface area (Å²) in [4.78, 5) is 25.4. The first kappa shape index (κ1) is 15.8. The van der Waals surface area contributed by atoms with Gasteiger partial charge in [-0.15, -0.1) is 0 Å². The second-order valence-electron chi connectivity index (χ2n) is 5.29. The van der Waals surface area contributed by atoms with Crippen molar-refractivity contribution in [2.45, 2.75) is 20.8 Å².